The van der Waals surface area contributed by atoms with Gasteiger partial charge in [-0.1, -0.05) is 18.2 Å². The molecule has 0 bridgehead atoms. The summed E-state index contributed by atoms with van der Waals surface area (Å²) in [5.41, 5.74) is 3.91. The van der Waals surface area contributed by atoms with Crippen molar-refractivity contribution in [2.75, 3.05) is 79.9 Å². The fourth-order valence-corrected chi connectivity index (χ4v) is 4.02. The molecule has 0 N–H and O–H groups in total. The van der Waals surface area contributed by atoms with Gasteiger partial charge < -0.3 is 19.1 Å². The van der Waals surface area contributed by atoms with Crippen LogP contribution in [-0.2, 0) is 23.8 Å². The minimum absolute atomic E-state index is 0.235. The quantitative estimate of drug-likeness (QED) is 0.476. The molecule has 0 saturated carbocycles. The number of benzene rings is 1. The highest BCUT2D eigenvalue weighted by atomic mass is 16.5. The topological polar surface area (TPSA) is 71.6 Å². The highest BCUT2D eigenvalue weighted by Gasteiger charge is 2.41. The SMILES string of the molecule is COCCN(CCOC)C1=C(c2ccc(C)c(C)c2)C(=O)N(CCN2CCOCC2)C1=O. The molecule has 2 amide bonds. The van der Waals surface area contributed by atoms with Crippen molar-refractivity contribution in [3.63, 3.8) is 0 Å². The van der Waals surface area contributed by atoms with Crippen molar-refractivity contribution in [2.24, 2.45) is 0 Å². The molecule has 1 aromatic carbocycles. The Kier molecular flexibility index (Phi) is 8.81. The Morgan fingerprint density at radius 1 is 0.938 bits per heavy atom. The number of rotatable bonds is 11. The van der Waals surface area contributed by atoms with Gasteiger partial charge in [0.25, 0.3) is 11.8 Å². The molecule has 2 aliphatic rings. The Morgan fingerprint density at radius 3 is 2.19 bits per heavy atom. The van der Waals surface area contributed by atoms with E-state index < -0.39 is 0 Å². The second kappa shape index (κ2) is 11.6. The summed E-state index contributed by atoms with van der Waals surface area (Å²) in [6.07, 6.45) is 0. The molecule has 1 fully saturated rings. The number of ether oxygens (including phenoxy) is 3. The Bertz CT molecular complexity index is 840. The van der Waals surface area contributed by atoms with Crippen LogP contribution in [-0.4, -0.2) is 106 Å². The highest BCUT2D eigenvalue weighted by Crippen LogP contribution is 2.32. The Balaban J connectivity index is 1.94. The molecule has 0 atom stereocenters. The van der Waals surface area contributed by atoms with Crippen LogP contribution < -0.4 is 0 Å². The minimum atomic E-state index is -0.247. The van der Waals surface area contributed by atoms with Gasteiger partial charge in [0.15, 0.2) is 0 Å². The minimum Gasteiger partial charge on any atom is -0.383 e. The molecule has 32 heavy (non-hydrogen) atoms. The standard InChI is InChI=1S/C24H35N3O5/c1-18-5-6-20(17-19(18)2)21-22(26(11-13-30-3)12-14-31-4)24(29)27(23(21)28)8-7-25-9-15-32-16-10-25/h5-6,17H,7-16H2,1-4H3. The number of morpholine rings is 1. The lowest BCUT2D eigenvalue weighted by Crippen LogP contribution is -2.44. The van der Waals surface area contributed by atoms with Gasteiger partial charge in [0.1, 0.15) is 5.70 Å². The fraction of sp³-hybridized carbons (Fsp3) is 0.583. The molecule has 0 unspecified atom stereocenters. The molecule has 8 heteroatoms. The molecule has 8 nitrogen and oxygen atoms in total. The van der Waals surface area contributed by atoms with Crippen molar-refractivity contribution < 1.29 is 23.8 Å². The van der Waals surface area contributed by atoms with Gasteiger partial charge in [-0.05, 0) is 30.5 Å². The van der Waals surface area contributed by atoms with E-state index in [0.29, 0.717) is 63.9 Å². The van der Waals surface area contributed by atoms with E-state index >= 15 is 0 Å². The monoisotopic (exact) mass is 445 g/mol. The number of hydrogen-bond donors (Lipinski definition) is 0. The summed E-state index contributed by atoms with van der Waals surface area (Å²) in [6, 6.07) is 5.92. The highest BCUT2D eigenvalue weighted by molar-refractivity contribution is 6.35. The smallest absolute Gasteiger partial charge is 0.277 e. The lowest BCUT2D eigenvalue weighted by atomic mass is 9.99. The first-order valence-corrected chi connectivity index (χ1v) is 11.2. The molecular weight excluding hydrogens is 410 g/mol. The van der Waals surface area contributed by atoms with Gasteiger partial charge >= 0.3 is 0 Å². The molecule has 0 aliphatic carbocycles. The third-order valence-corrected chi connectivity index (χ3v) is 6.13. The Labute approximate surface area is 190 Å². The van der Waals surface area contributed by atoms with Crippen molar-refractivity contribution in [3.8, 4) is 0 Å². The van der Waals surface area contributed by atoms with E-state index in [4.69, 9.17) is 14.2 Å². The number of carbonyl (C=O) groups is 2. The molecule has 0 radical (unpaired) electrons. The summed E-state index contributed by atoms with van der Waals surface area (Å²) in [4.78, 5) is 32.7. The maximum Gasteiger partial charge on any atom is 0.277 e. The molecule has 0 aromatic heterocycles. The maximum absolute atomic E-state index is 13.6. The normalized spacial score (nSPS) is 17.6. The summed E-state index contributed by atoms with van der Waals surface area (Å²) in [5, 5.41) is 0. The first kappa shape index (κ1) is 24.4. The van der Waals surface area contributed by atoms with E-state index in [1.165, 1.54) is 4.90 Å². The van der Waals surface area contributed by atoms with Crippen LogP contribution in [0.4, 0.5) is 0 Å². The van der Waals surface area contributed by atoms with Crippen LogP contribution >= 0.6 is 0 Å². The summed E-state index contributed by atoms with van der Waals surface area (Å²) < 4.78 is 15.9. The number of methoxy groups -OCH3 is 2. The van der Waals surface area contributed by atoms with Gasteiger partial charge in [-0.3, -0.25) is 19.4 Å². The average Bonchev–Trinajstić information content (AvgIpc) is 3.04. The third-order valence-electron chi connectivity index (χ3n) is 6.13. The number of hydrogen-bond acceptors (Lipinski definition) is 7. The zero-order valence-electron chi connectivity index (χ0n) is 19.7. The van der Waals surface area contributed by atoms with Crippen LogP contribution in [0.1, 0.15) is 16.7 Å². The van der Waals surface area contributed by atoms with Gasteiger partial charge in [-0.25, -0.2) is 0 Å². The summed E-state index contributed by atoms with van der Waals surface area (Å²) in [5.74, 6) is -0.481. The van der Waals surface area contributed by atoms with Crippen molar-refractivity contribution in [2.45, 2.75) is 13.8 Å². The third kappa shape index (κ3) is 5.56. The van der Waals surface area contributed by atoms with Crippen molar-refractivity contribution in [3.05, 3.63) is 40.6 Å². The van der Waals surface area contributed by atoms with Crippen molar-refractivity contribution >= 4 is 17.4 Å². The predicted octanol–water partition coefficient (Wildman–Crippen LogP) is 1.31. The van der Waals surface area contributed by atoms with Crippen LogP contribution in [0.25, 0.3) is 5.57 Å². The van der Waals surface area contributed by atoms with Crippen molar-refractivity contribution in [1.29, 1.82) is 0 Å². The molecule has 2 heterocycles. The largest absolute Gasteiger partial charge is 0.383 e. The van der Waals surface area contributed by atoms with E-state index in [1.807, 2.05) is 36.9 Å². The molecule has 1 saturated heterocycles. The molecule has 1 aromatic rings. The van der Waals surface area contributed by atoms with E-state index in [2.05, 4.69) is 4.90 Å². The summed E-state index contributed by atoms with van der Waals surface area (Å²) in [6.45, 7) is 9.94. The van der Waals surface area contributed by atoms with Gasteiger partial charge in [-0.15, -0.1) is 0 Å². The molecule has 0 spiro atoms. The van der Waals surface area contributed by atoms with Gasteiger partial charge in [0.05, 0.1) is 32.0 Å². The summed E-state index contributed by atoms with van der Waals surface area (Å²) in [7, 11) is 3.26. The lowest BCUT2D eigenvalue weighted by Gasteiger charge is -2.28. The van der Waals surface area contributed by atoms with E-state index in [-0.39, 0.29) is 11.8 Å². The first-order valence-electron chi connectivity index (χ1n) is 11.2. The molecule has 3 rings (SSSR count). The second-order valence-corrected chi connectivity index (χ2v) is 8.21. The van der Waals surface area contributed by atoms with Crippen LogP contribution in [0.5, 0.6) is 0 Å². The van der Waals surface area contributed by atoms with E-state index in [9.17, 15) is 9.59 Å². The van der Waals surface area contributed by atoms with Crippen LogP contribution in [0.15, 0.2) is 23.9 Å². The van der Waals surface area contributed by atoms with Crippen LogP contribution in [0, 0.1) is 13.8 Å². The van der Waals surface area contributed by atoms with Gasteiger partial charge in [-0.2, -0.15) is 0 Å². The molecule has 2 aliphatic heterocycles. The first-order chi connectivity index (χ1) is 15.5. The Morgan fingerprint density at radius 2 is 1.59 bits per heavy atom. The fourth-order valence-electron chi connectivity index (χ4n) is 4.02. The summed E-state index contributed by atoms with van der Waals surface area (Å²) >= 11 is 0. The second-order valence-electron chi connectivity index (χ2n) is 8.21. The average molecular weight is 446 g/mol. The number of carbonyl (C=O) groups excluding carboxylic acids is 2. The van der Waals surface area contributed by atoms with Crippen LogP contribution in [0.2, 0.25) is 0 Å². The molecular formula is C24H35N3O5. The van der Waals surface area contributed by atoms with Gasteiger partial charge in [0, 0.05) is 53.5 Å². The number of imide groups is 1. The van der Waals surface area contributed by atoms with Crippen molar-refractivity contribution in [1.82, 2.24) is 14.7 Å². The van der Waals surface area contributed by atoms with Gasteiger partial charge in [0.2, 0.25) is 0 Å². The predicted molar refractivity (Wildman–Crippen MR) is 122 cm³/mol. The Hall–Kier alpha value is -2.26. The zero-order chi connectivity index (χ0) is 23.1. The number of aryl methyl sites for hydroxylation is 2. The lowest BCUT2D eigenvalue weighted by molar-refractivity contribution is -0.138. The molecule has 176 valence electrons. The number of nitrogens with zero attached hydrogens (tertiary/aromatic N) is 3. The van der Waals surface area contributed by atoms with Crippen LogP contribution in [0.3, 0.4) is 0 Å². The van der Waals surface area contributed by atoms with E-state index in [0.717, 1.165) is 29.8 Å². The number of amides is 2. The van der Waals surface area contributed by atoms with E-state index in [1.54, 1.807) is 14.2 Å². The maximum atomic E-state index is 13.6. The zero-order valence-corrected chi connectivity index (χ0v) is 19.7.